The van der Waals surface area contributed by atoms with Crippen molar-refractivity contribution in [2.75, 3.05) is 32.7 Å². The van der Waals surface area contributed by atoms with Gasteiger partial charge in [-0.3, -0.25) is 9.69 Å². The summed E-state index contributed by atoms with van der Waals surface area (Å²) in [6, 6.07) is 1.21. The summed E-state index contributed by atoms with van der Waals surface area (Å²) in [5.41, 5.74) is 0. The minimum absolute atomic E-state index is 0.357. The van der Waals surface area contributed by atoms with E-state index in [0.717, 1.165) is 26.2 Å². The monoisotopic (exact) mass is 209 g/mol. The highest BCUT2D eigenvalue weighted by Crippen LogP contribution is 2.28. The average Bonchev–Trinajstić information content (AvgIpc) is 2.93. The van der Waals surface area contributed by atoms with Crippen LogP contribution < -0.4 is 5.32 Å². The maximum atomic E-state index is 11.9. The molecule has 1 N–H and O–H groups in total. The molecular formula is C11H19N3O. The largest absolute Gasteiger partial charge is 0.337 e. The summed E-state index contributed by atoms with van der Waals surface area (Å²) in [6.07, 6.45) is 3.67. The van der Waals surface area contributed by atoms with Gasteiger partial charge in [-0.05, 0) is 25.8 Å². The van der Waals surface area contributed by atoms with Gasteiger partial charge in [-0.15, -0.1) is 0 Å². The van der Waals surface area contributed by atoms with Gasteiger partial charge in [-0.1, -0.05) is 0 Å². The smallest absolute Gasteiger partial charge is 0.237 e. The Morgan fingerprint density at radius 1 is 1.13 bits per heavy atom. The van der Waals surface area contributed by atoms with E-state index in [0.29, 0.717) is 24.5 Å². The highest BCUT2D eigenvalue weighted by molar-refractivity contribution is 5.79. The molecule has 3 rings (SSSR count). The molecule has 1 saturated carbocycles. The first-order valence-electron chi connectivity index (χ1n) is 6.09. The molecule has 0 bridgehead atoms. The molecule has 3 fully saturated rings. The summed E-state index contributed by atoms with van der Waals surface area (Å²) >= 11 is 0. The predicted molar refractivity (Wildman–Crippen MR) is 57.6 cm³/mol. The molecule has 4 heteroatoms. The van der Waals surface area contributed by atoms with E-state index in [9.17, 15) is 4.79 Å². The lowest BCUT2D eigenvalue weighted by Crippen LogP contribution is -2.54. The quantitative estimate of drug-likeness (QED) is 0.675. The van der Waals surface area contributed by atoms with Crippen LogP contribution in [0.2, 0.25) is 0 Å². The SMILES string of the molecule is O=C1CN(C2CCNC2)CCN1C1CC1. The van der Waals surface area contributed by atoms with Crippen LogP contribution in [-0.2, 0) is 4.79 Å². The zero-order valence-corrected chi connectivity index (χ0v) is 9.11. The van der Waals surface area contributed by atoms with Crippen molar-refractivity contribution in [3.8, 4) is 0 Å². The lowest BCUT2D eigenvalue weighted by atomic mass is 10.2. The Morgan fingerprint density at radius 2 is 2.00 bits per heavy atom. The summed E-state index contributed by atoms with van der Waals surface area (Å²) in [5, 5.41) is 3.36. The fraction of sp³-hybridized carbons (Fsp3) is 0.909. The van der Waals surface area contributed by atoms with Gasteiger partial charge in [0.25, 0.3) is 0 Å². The summed E-state index contributed by atoms with van der Waals surface area (Å²) in [5.74, 6) is 0.357. The van der Waals surface area contributed by atoms with Crippen LogP contribution in [0.1, 0.15) is 19.3 Å². The Morgan fingerprint density at radius 3 is 2.60 bits per heavy atom. The Balaban J connectivity index is 1.58. The van der Waals surface area contributed by atoms with Gasteiger partial charge in [0.1, 0.15) is 0 Å². The summed E-state index contributed by atoms with van der Waals surface area (Å²) < 4.78 is 0. The third-order valence-corrected chi connectivity index (χ3v) is 3.83. The van der Waals surface area contributed by atoms with Crippen molar-refractivity contribution < 1.29 is 4.79 Å². The predicted octanol–water partition coefficient (Wildman–Crippen LogP) is -0.345. The van der Waals surface area contributed by atoms with Crippen LogP contribution in [0.25, 0.3) is 0 Å². The third kappa shape index (κ3) is 1.88. The Bertz CT molecular complexity index is 259. The van der Waals surface area contributed by atoms with Crippen LogP contribution >= 0.6 is 0 Å². The van der Waals surface area contributed by atoms with Crippen molar-refractivity contribution in [2.24, 2.45) is 0 Å². The van der Waals surface area contributed by atoms with E-state index in [1.807, 2.05) is 0 Å². The molecule has 4 nitrogen and oxygen atoms in total. The van der Waals surface area contributed by atoms with Crippen LogP contribution in [0.4, 0.5) is 0 Å². The van der Waals surface area contributed by atoms with E-state index in [4.69, 9.17) is 0 Å². The molecule has 84 valence electrons. The first-order chi connectivity index (χ1) is 7.34. The third-order valence-electron chi connectivity index (χ3n) is 3.83. The second kappa shape index (κ2) is 3.76. The molecule has 0 aromatic carbocycles. The van der Waals surface area contributed by atoms with Crippen LogP contribution in [0.5, 0.6) is 0 Å². The Kier molecular flexibility index (Phi) is 2.41. The number of carbonyl (C=O) groups is 1. The van der Waals surface area contributed by atoms with E-state index < -0.39 is 0 Å². The van der Waals surface area contributed by atoms with Crippen LogP contribution in [-0.4, -0.2) is 60.5 Å². The average molecular weight is 209 g/mol. The van der Waals surface area contributed by atoms with Crippen molar-refractivity contribution in [3.63, 3.8) is 0 Å². The molecular weight excluding hydrogens is 190 g/mol. The van der Waals surface area contributed by atoms with E-state index in [-0.39, 0.29) is 0 Å². The van der Waals surface area contributed by atoms with Crippen LogP contribution in [0, 0.1) is 0 Å². The van der Waals surface area contributed by atoms with Crippen LogP contribution in [0.15, 0.2) is 0 Å². The lowest BCUT2D eigenvalue weighted by molar-refractivity contribution is -0.137. The summed E-state index contributed by atoms with van der Waals surface area (Å²) in [4.78, 5) is 16.4. The fourth-order valence-electron chi connectivity index (χ4n) is 2.74. The molecule has 3 aliphatic rings. The molecule has 0 aromatic heterocycles. The topological polar surface area (TPSA) is 35.6 Å². The van der Waals surface area contributed by atoms with Crippen molar-refractivity contribution in [3.05, 3.63) is 0 Å². The highest BCUT2D eigenvalue weighted by Gasteiger charge is 2.37. The van der Waals surface area contributed by atoms with E-state index in [1.54, 1.807) is 0 Å². The molecule has 15 heavy (non-hydrogen) atoms. The van der Waals surface area contributed by atoms with Gasteiger partial charge >= 0.3 is 0 Å². The number of hydrogen-bond acceptors (Lipinski definition) is 3. The molecule has 0 aromatic rings. The molecule has 2 heterocycles. The number of nitrogens with zero attached hydrogens (tertiary/aromatic N) is 2. The normalized spacial score (nSPS) is 33.7. The Hall–Kier alpha value is -0.610. The summed E-state index contributed by atoms with van der Waals surface area (Å²) in [7, 11) is 0. The maximum Gasteiger partial charge on any atom is 0.237 e. The van der Waals surface area contributed by atoms with Gasteiger partial charge in [-0.2, -0.15) is 0 Å². The molecule has 2 saturated heterocycles. The molecule has 1 unspecified atom stereocenters. The second-order valence-electron chi connectivity index (χ2n) is 4.94. The summed E-state index contributed by atoms with van der Waals surface area (Å²) in [6.45, 7) is 4.87. The lowest BCUT2D eigenvalue weighted by Gasteiger charge is -2.37. The minimum atomic E-state index is 0.357. The number of piperazine rings is 1. The molecule has 0 spiro atoms. The van der Waals surface area contributed by atoms with Crippen molar-refractivity contribution >= 4 is 5.91 Å². The van der Waals surface area contributed by atoms with Gasteiger partial charge in [0.05, 0.1) is 6.54 Å². The number of carbonyl (C=O) groups excluding carboxylic acids is 1. The standard InChI is InChI=1S/C11H19N3O/c15-11-8-13(10-3-4-12-7-10)5-6-14(11)9-1-2-9/h9-10,12H,1-8H2. The number of hydrogen-bond donors (Lipinski definition) is 1. The van der Waals surface area contributed by atoms with Crippen molar-refractivity contribution in [1.29, 1.82) is 0 Å². The highest BCUT2D eigenvalue weighted by atomic mass is 16.2. The fourth-order valence-corrected chi connectivity index (χ4v) is 2.74. The molecule has 2 aliphatic heterocycles. The number of nitrogens with one attached hydrogen (secondary N) is 1. The molecule has 1 amide bonds. The zero-order chi connectivity index (χ0) is 10.3. The zero-order valence-electron chi connectivity index (χ0n) is 9.11. The Labute approximate surface area is 90.6 Å². The van der Waals surface area contributed by atoms with Crippen LogP contribution in [0.3, 0.4) is 0 Å². The minimum Gasteiger partial charge on any atom is -0.337 e. The van der Waals surface area contributed by atoms with E-state index in [2.05, 4.69) is 15.1 Å². The van der Waals surface area contributed by atoms with Gasteiger partial charge in [-0.25, -0.2) is 0 Å². The molecule has 0 radical (unpaired) electrons. The second-order valence-corrected chi connectivity index (χ2v) is 4.94. The van der Waals surface area contributed by atoms with Crippen molar-refractivity contribution in [1.82, 2.24) is 15.1 Å². The molecule has 1 aliphatic carbocycles. The van der Waals surface area contributed by atoms with Gasteiger partial charge in [0, 0.05) is 31.7 Å². The first kappa shape index (κ1) is 9.60. The van der Waals surface area contributed by atoms with Gasteiger partial charge in [0.2, 0.25) is 5.91 Å². The molecule has 1 atom stereocenters. The van der Waals surface area contributed by atoms with Crippen molar-refractivity contribution in [2.45, 2.75) is 31.3 Å². The number of amides is 1. The van der Waals surface area contributed by atoms with E-state index >= 15 is 0 Å². The van der Waals surface area contributed by atoms with Gasteiger partial charge < -0.3 is 10.2 Å². The first-order valence-corrected chi connectivity index (χ1v) is 6.09. The number of rotatable bonds is 2. The maximum absolute atomic E-state index is 11.9. The van der Waals surface area contributed by atoms with Gasteiger partial charge in [0.15, 0.2) is 0 Å². The van der Waals surface area contributed by atoms with E-state index in [1.165, 1.54) is 19.3 Å².